The van der Waals surface area contributed by atoms with E-state index >= 15 is 0 Å². The van der Waals surface area contributed by atoms with E-state index in [1.807, 2.05) is 6.08 Å². The van der Waals surface area contributed by atoms with Gasteiger partial charge in [-0.3, -0.25) is 9.59 Å². The van der Waals surface area contributed by atoms with E-state index in [0.717, 1.165) is 18.4 Å². The number of rotatable bonds is 3. The SMILES string of the molecule is O=C(NC1CC1)C1=CCN(C(=O)c2ccc(F)cc2)CC1. The van der Waals surface area contributed by atoms with E-state index < -0.39 is 0 Å². The van der Waals surface area contributed by atoms with Crippen molar-refractivity contribution in [3.8, 4) is 0 Å². The Kier molecular flexibility index (Phi) is 3.73. The smallest absolute Gasteiger partial charge is 0.254 e. The molecule has 21 heavy (non-hydrogen) atoms. The fraction of sp³-hybridized carbons (Fsp3) is 0.375. The Hall–Kier alpha value is -2.17. The zero-order valence-corrected chi connectivity index (χ0v) is 11.6. The summed E-state index contributed by atoms with van der Waals surface area (Å²) in [6.45, 7) is 0.934. The van der Waals surface area contributed by atoms with Crippen LogP contribution in [0.4, 0.5) is 4.39 Å². The molecule has 0 spiro atoms. The predicted molar refractivity (Wildman–Crippen MR) is 76.2 cm³/mol. The van der Waals surface area contributed by atoms with E-state index in [4.69, 9.17) is 0 Å². The Morgan fingerprint density at radius 2 is 1.90 bits per heavy atom. The molecule has 5 heteroatoms. The minimum atomic E-state index is -0.357. The van der Waals surface area contributed by atoms with Gasteiger partial charge in [-0.05, 0) is 43.5 Å². The molecule has 1 aliphatic heterocycles. The number of hydrogen-bond acceptors (Lipinski definition) is 2. The van der Waals surface area contributed by atoms with Crippen LogP contribution in [0.3, 0.4) is 0 Å². The van der Waals surface area contributed by atoms with E-state index in [1.54, 1.807) is 4.90 Å². The summed E-state index contributed by atoms with van der Waals surface area (Å²) in [5.41, 5.74) is 1.22. The van der Waals surface area contributed by atoms with Gasteiger partial charge in [-0.2, -0.15) is 0 Å². The molecule has 1 heterocycles. The molecule has 3 rings (SSSR count). The minimum absolute atomic E-state index is 0.00798. The first-order valence-electron chi connectivity index (χ1n) is 7.18. The quantitative estimate of drug-likeness (QED) is 0.923. The van der Waals surface area contributed by atoms with Crippen molar-refractivity contribution in [1.29, 1.82) is 0 Å². The topological polar surface area (TPSA) is 49.4 Å². The van der Waals surface area contributed by atoms with Gasteiger partial charge in [0.1, 0.15) is 5.82 Å². The lowest BCUT2D eigenvalue weighted by Crippen LogP contribution is -2.38. The molecule has 1 aromatic carbocycles. The van der Waals surface area contributed by atoms with E-state index in [1.165, 1.54) is 24.3 Å². The second kappa shape index (κ2) is 5.68. The van der Waals surface area contributed by atoms with Crippen LogP contribution in [0, 0.1) is 5.82 Å². The molecular formula is C16H17FN2O2. The van der Waals surface area contributed by atoms with Gasteiger partial charge in [0.25, 0.3) is 5.91 Å². The molecule has 0 atom stereocenters. The Morgan fingerprint density at radius 1 is 1.19 bits per heavy atom. The number of halogens is 1. The lowest BCUT2D eigenvalue weighted by molar-refractivity contribution is -0.117. The van der Waals surface area contributed by atoms with Crippen molar-refractivity contribution in [3.63, 3.8) is 0 Å². The van der Waals surface area contributed by atoms with E-state index in [-0.39, 0.29) is 17.6 Å². The van der Waals surface area contributed by atoms with Crippen LogP contribution in [-0.2, 0) is 4.79 Å². The molecule has 1 aromatic rings. The molecular weight excluding hydrogens is 271 g/mol. The van der Waals surface area contributed by atoms with Crippen molar-refractivity contribution in [2.75, 3.05) is 13.1 Å². The Balaban J connectivity index is 1.61. The van der Waals surface area contributed by atoms with Gasteiger partial charge in [-0.15, -0.1) is 0 Å². The van der Waals surface area contributed by atoms with E-state index in [0.29, 0.717) is 31.1 Å². The molecule has 0 radical (unpaired) electrons. The van der Waals surface area contributed by atoms with Gasteiger partial charge >= 0.3 is 0 Å². The van der Waals surface area contributed by atoms with Crippen molar-refractivity contribution in [2.24, 2.45) is 0 Å². The third-order valence-corrected chi connectivity index (χ3v) is 3.79. The zero-order chi connectivity index (χ0) is 14.8. The van der Waals surface area contributed by atoms with Crippen molar-refractivity contribution in [3.05, 3.63) is 47.3 Å². The van der Waals surface area contributed by atoms with Gasteiger partial charge in [0.15, 0.2) is 0 Å². The van der Waals surface area contributed by atoms with Gasteiger partial charge in [-0.1, -0.05) is 6.08 Å². The summed E-state index contributed by atoms with van der Waals surface area (Å²) in [5.74, 6) is -0.497. The van der Waals surface area contributed by atoms with Crippen LogP contribution in [0.2, 0.25) is 0 Å². The molecule has 1 fully saturated rings. The fourth-order valence-electron chi connectivity index (χ4n) is 2.34. The van der Waals surface area contributed by atoms with Crippen LogP contribution in [0.5, 0.6) is 0 Å². The molecule has 0 aromatic heterocycles. The largest absolute Gasteiger partial charge is 0.350 e. The predicted octanol–water partition coefficient (Wildman–Crippen LogP) is 1.88. The monoisotopic (exact) mass is 288 g/mol. The fourth-order valence-corrected chi connectivity index (χ4v) is 2.34. The van der Waals surface area contributed by atoms with Gasteiger partial charge in [-0.25, -0.2) is 4.39 Å². The molecule has 1 N–H and O–H groups in total. The standard InChI is InChI=1S/C16H17FN2O2/c17-13-3-1-12(2-4-13)16(21)19-9-7-11(8-10-19)15(20)18-14-5-6-14/h1-4,7,14H,5-6,8-10H2,(H,18,20). The number of amides is 2. The molecule has 0 unspecified atom stereocenters. The van der Waals surface area contributed by atoms with Crippen molar-refractivity contribution >= 4 is 11.8 Å². The Bertz CT molecular complexity index is 591. The van der Waals surface area contributed by atoms with Crippen LogP contribution in [0.25, 0.3) is 0 Å². The summed E-state index contributed by atoms with van der Waals surface area (Å²) in [6.07, 6.45) is 4.50. The summed E-state index contributed by atoms with van der Waals surface area (Å²) in [7, 11) is 0. The highest BCUT2D eigenvalue weighted by Crippen LogP contribution is 2.21. The summed E-state index contributed by atoms with van der Waals surface area (Å²) >= 11 is 0. The summed E-state index contributed by atoms with van der Waals surface area (Å²) in [5, 5.41) is 2.95. The third-order valence-electron chi connectivity index (χ3n) is 3.79. The normalized spacial score (nSPS) is 18.1. The van der Waals surface area contributed by atoms with Crippen molar-refractivity contribution in [2.45, 2.75) is 25.3 Å². The first kappa shape index (κ1) is 13.8. The maximum Gasteiger partial charge on any atom is 0.254 e. The molecule has 4 nitrogen and oxygen atoms in total. The van der Waals surface area contributed by atoms with Crippen LogP contribution >= 0.6 is 0 Å². The molecule has 110 valence electrons. The Labute approximate surface area is 122 Å². The second-order valence-electron chi connectivity index (χ2n) is 5.49. The second-order valence-corrected chi connectivity index (χ2v) is 5.49. The molecule has 0 bridgehead atoms. The lowest BCUT2D eigenvalue weighted by Gasteiger charge is -2.26. The highest BCUT2D eigenvalue weighted by molar-refractivity contribution is 5.96. The van der Waals surface area contributed by atoms with Gasteiger partial charge in [0.05, 0.1) is 0 Å². The summed E-state index contributed by atoms with van der Waals surface area (Å²) in [4.78, 5) is 25.8. The lowest BCUT2D eigenvalue weighted by atomic mass is 10.1. The summed E-state index contributed by atoms with van der Waals surface area (Å²) < 4.78 is 12.9. The van der Waals surface area contributed by atoms with Gasteiger partial charge in [0.2, 0.25) is 5.91 Å². The first-order valence-corrected chi connectivity index (χ1v) is 7.18. The van der Waals surface area contributed by atoms with Crippen LogP contribution in [0.1, 0.15) is 29.6 Å². The molecule has 2 aliphatic rings. The first-order chi connectivity index (χ1) is 10.1. The summed E-state index contributed by atoms with van der Waals surface area (Å²) in [6, 6.07) is 5.87. The molecule has 0 saturated heterocycles. The average molecular weight is 288 g/mol. The van der Waals surface area contributed by atoms with Crippen LogP contribution < -0.4 is 5.32 Å². The maximum absolute atomic E-state index is 12.9. The van der Waals surface area contributed by atoms with Crippen LogP contribution in [-0.4, -0.2) is 35.8 Å². The Morgan fingerprint density at radius 3 is 2.48 bits per heavy atom. The minimum Gasteiger partial charge on any atom is -0.350 e. The number of nitrogens with one attached hydrogen (secondary N) is 1. The van der Waals surface area contributed by atoms with Crippen LogP contribution in [0.15, 0.2) is 35.9 Å². The van der Waals surface area contributed by atoms with Crippen molar-refractivity contribution in [1.82, 2.24) is 10.2 Å². The van der Waals surface area contributed by atoms with Gasteiger partial charge in [0, 0.05) is 30.3 Å². The van der Waals surface area contributed by atoms with Crippen molar-refractivity contribution < 1.29 is 14.0 Å². The molecule has 1 aliphatic carbocycles. The number of hydrogen-bond donors (Lipinski definition) is 1. The molecule has 2 amide bonds. The number of benzene rings is 1. The highest BCUT2D eigenvalue weighted by atomic mass is 19.1. The maximum atomic E-state index is 12.9. The number of carbonyl (C=O) groups is 2. The average Bonchev–Trinajstić information content (AvgIpc) is 3.31. The number of nitrogens with zero attached hydrogens (tertiary/aromatic N) is 1. The van der Waals surface area contributed by atoms with E-state index in [2.05, 4.69) is 5.32 Å². The van der Waals surface area contributed by atoms with Gasteiger partial charge < -0.3 is 10.2 Å². The highest BCUT2D eigenvalue weighted by Gasteiger charge is 2.26. The third kappa shape index (κ3) is 3.29. The molecule has 1 saturated carbocycles. The number of carbonyl (C=O) groups excluding carboxylic acids is 2. The van der Waals surface area contributed by atoms with E-state index in [9.17, 15) is 14.0 Å². The zero-order valence-electron chi connectivity index (χ0n) is 11.6.